The highest BCUT2D eigenvalue weighted by Crippen LogP contribution is 2.35. The van der Waals surface area contributed by atoms with Crippen molar-refractivity contribution in [2.45, 2.75) is 18.9 Å². The summed E-state index contributed by atoms with van der Waals surface area (Å²) >= 11 is 1.70. The number of rotatable bonds is 4. The number of nitrogens with zero attached hydrogens (tertiary/aromatic N) is 5. The van der Waals surface area contributed by atoms with Crippen molar-refractivity contribution in [1.82, 2.24) is 15.0 Å². The molecule has 1 aromatic carbocycles. The van der Waals surface area contributed by atoms with E-state index in [0.29, 0.717) is 11.6 Å². The normalized spacial score (nSPS) is 14.6. The fourth-order valence-corrected chi connectivity index (χ4v) is 4.81. The first kappa shape index (κ1) is 18.5. The fraction of sp³-hybridized carbons (Fsp3) is 0.217. The molecule has 1 saturated heterocycles. The van der Waals surface area contributed by atoms with Crippen molar-refractivity contribution in [3.63, 3.8) is 0 Å². The molecule has 1 aliphatic heterocycles. The molecule has 1 N–H and O–H groups in total. The second-order valence-electron chi connectivity index (χ2n) is 7.34. The van der Waals surface area contributed by atoms with Gasteiger partial charge in [0, 0.05) is 30.2 Å². The van der Waals surface area contributed by atoms with E-state index < -0.39 is 0 Å². The first-order valence-electron chi connectivity index (χ1n) is 9.98. The summed E-state index contributed by atoms with van der Waals surface area (Å²) < 4.78 is 0. The van der Waals surface area contributed by atoms with Gasteiger partial charge in [-0.1, -0.05) is 30.3 Å². The fourth-order valence-electron chi connectivity index (χ4n) is 3.80. The number of anilines is 2. The molecule has 148 valence electrons. The zero-order chi connectivity index (χ0) is 20.3. The Hall–Kier alpha value is -3.50. The van der Waals surface area contributed by atoms with Crippen LogP contribution in [0.5, 0.6) is 0 Å². The zero-order valence-electron chi connectivity index (χ0n) is 16.3. The number of hydrogen-bond donors (Lipinski definition) is 1. The maximum Gasteiger partial charge on any atom is 0.138 e. The van der Waals surface area contributed by atoms with Crippen LogP contribution in [0.1, 0.15) is 18.4 Å². The second kappa shape index (κ2) is 8.09. The van der Waals surface area contributed by atoms with E-state index in [1.165, 1.54) is 10.4 Å². The minimum atomic E-state index is 0.359. The van der Waals surface area contributed by atoms with Gasteiger partial charge in [-0.15, -0.1) is 11.3 Å². The van der Waals surface area contributed by atoms with Gasteiger partial charge < -0.3 is 10.2 Å². The minimum Gasteiger partial charge on any atom is -0.367 e. The van der Waals surface area contributed by atoms with Crippen molar-refractivity contribution in [2.75, 3.05) is 23.3 Å². The molecule has 0 spiro atoms. The smallest absolute Gasteiger partial charge is 0.138 e. The van der Waals surface area contributed by atoms with Gasteiger partial charge in [-0.2, -0.15) is 5.26 Å². The van der Waals surface area contributed by atoms with Gasteiger partial charge >= 0.3 is 0 Å². The van der Waals surface area contributed by atoms with Crippen molar-refractivity contribution in [3.8, 4) is 16.5 Å². The maximum absolute atomic E-state index is 8.93. The molecule has 0 bridgehead atoms. The summed E-state index contributed by atoms with van der Waals surface area (Å²) in [6.07, 6.45) is 5.29. The first-order valence-corrected chi connectivity index (χ1v) is 10.8. The molecule has 0 radical (unpaired) electrons. The molecule has 6 nitrogen and oxygen atoms in total. The van der Waals surface area contributed by atoms with Gasteiger partial charge in [0.2, 0.25) is 0 Å². The van der Waals surface area contributed by atoms with Gasteiger partial charge in [0.1, 0.15) is 28.9 Å². The molecule has 30 heavy (non-hydrogen) atoms. The first-order chi connectivity index (χ1) is 14.8. The Kier molecular flexibility index (Phi) is 4.99. The number of aromatic nitrogens is 3. The Balaban J connectivity index is 1.29. The lowest BCUT2D eigenvalue weighted by molar-refractivity contribution is 0.523. The quantitative estimate of drug-likeness (QED) is 0.523. The lowest BCUT2D eigenvalue weighted by atomic mass is 10.0. The van der Waals surface area contributed by atoms with Crippen LogP contribution in [-0.4, -0.2) is 34.1 Å². The highest BCUT2D eigenvalue weighted by Gasteiger charge is 2.21. The molecule has 0 aliphatic carbocycles. The Labute approximate surface area is 178 Å². The predicted molar refractivity (Wildman–Crippen MR) is 121 cm³/mol. The van der Waals surface area contributed by atoms with Crippen LogP contribution in [0.3, 0.4) is 0 Å². The van der Waals surface area contributed by atoms with Gasteiger partial charge in [-0.25, -0.2) is 15.0 Å². The summed E-state index contributed by atoms with van der Waals surface area (Å²) in [5.41, 5.74) is 1.79. The number of nitrogens with one attached hydrogen (secondary N) is 1. The van der Waals surface area contributed by atoms with E-state index in [4.69, 9.17) is 5.26 Å². The molecule has 0 amide bonds. The largest absolute Gasteiger partial charge is 0.367 e. The number of nitriles is 1. The Bertz CT molecular complexity index is 1190. The molecule has 4 aromatic rings. The van der Waals surface area contributed by atoms with Crippen molar-refractivity contribution < 1.29 is 0 Å². The standard InChI is InChI=1S/C23H20N6S/c24-13-16-6-7-21(25-14-16)29-10-8-18(9-11-29)28-22-19-12-20(17-4-2-1-3-5-17)30-23(19)27-15-26-22/h1-7,12,14-15,18H,8-11H2,(H,26,27,28). The lowest BCUT2D eigenvalue weighted by Gasteiger charge is -2.33. The highest BCUT2D eigenvalue weighted by atomic mass is 32.1. The summed E-state index contributed by atoms with van der Waals surface area (Å²) in [6, 6.07) is 18.8. The lowest BCUT2D eigenvalue weighted by Crippen LogP contribution is -2.39. The van der Waals surface area contributed by atoms with Crippen LogP contribution in [-0.2, 0) is 0 Å². The molecule has 4 heterocycles. The number of benzene rings is 1. The zero-order valence-corrected chi connectivity index (χ0v) is 17.1. The van der Waals surface area contributed by atoms with E-state index in [1.807, 2.05) is 18.2 Å². The summed E-state index contributed by atoms with van der Waals surface area (Å²) in [6.45, 7) is 1.84. The van der Waals surface area contributed by atoms with E-state index >= 15 is 0 Å². The molecule has 0 unspecified atom stereocenters. The molecular formula is C23H20N6S. The van der Waals surface area contributed by atoms with Crippen molar-refractivity contribution in [3.05, 3.63) is 66.6 Å². The van der Waals surface area contributed by atoms with Crippen LogP contribution in [0.25, 0.3) is 20.7 Å². The van der Waals surface area contributed by atoms with E-state index in [0.717, 1.165) is 47.8 Å². The van der Waals surface area contributed by atoms with Gasteiger partial charge in [0.25, 0.3) is 0 Å². The van der Waals surface area contributed by atoms with Crippen molar-refractivity contribution in [1.29, 1.82) is 5.26 Å². The Morgan fingerprint density at radius 3 is 2.60 bits per heavy atom. The van der Waals surface area contributed by atoms with Crippen molar-refractivity contribution >= 4 is 33.2 Å². The van der Waals surface area contributed by atoms with E-state index in [-0.39, 0.29) is 0 Å². The third kappa shape index (κ3) is 3.70. The number of piperidine rings is 1. The molecule has 0 atom stereocenters. The summed E-state index contributed by atoms with van der Waals surface area (Å²) in [5, 5.41) is 13.7. The number of fused-ring (bicyclic) bond motifs is 1. The number of hydrogen-bond acceptors (Lipinski definition) is 7. The Morgan fingerprint density at radius 2 is 1.87 bits per heavy atom. The van der Waals surface area contributed by atoms with E-state index in [2.05, 4.69) is 61.6 Å². The van der Waals surface area contributed by atoms with Crippen LogP contribution >= 0.6 is 11.3 Å². The second-order valence-corrected chi connectivity index (χ2v) is 8.37. The predicted octanol–water partition coefficient (Wildman–Crippen LogP) is 4.71. The van der Waals surface area contributed by atoms with Crippen LogP contribution in [0.2, 0.25) is 0 Å². The summed E-state index contributed by atoms with van der Waals surface area (Å²) in [4.78, 5) is 17.9. The summed E-state index contributed by atoms with van der Waals surface area (Å²) in [5.74, 6) is 1.84. The van der Waals surface area contributed by atoms with Crippen molar-refractivity contribution in [2.24, 2.45) is 0 Å². The molecule has 5 rings (SSSR count). The van der Waals surface area contributed by atoms with E-state index in [1.54, 1.807) is 23.9 Å². The topological polar surface area (TPSA) is 77.7 Å². The van der Waals surface area contributed by atoms with E-state index in [9.17, 15) is 0 Å². The molecule has 0 saturated carbocycles. The molecule has 7 heteroatoms. The SMILES string of the molecule is N#Cc1ccc(N2CCC(Nc3ncnc4sc(-c5ccccc5)cc34)CC2)nc1. The summed E-state index contributed by atoms with van der Waals surface area (Å²) in [7, 11) is 0. The monoisotopic (exact) mass is 412 g/mol. The average molecular weight is 413 g/mol. The van der Waals surface area contributed by atoms with Crippen LogP contribution in [0.4, 0.5) is 11.6 Å². The highest BCUT2D eigenvalue weighted by molar-refractivity contribution is 7.21. The Morgan fingerprint density at radius 1 is 1.03 bits per heavy atom. The van der Waals surface area contributed by atoms with Crippen LogP contribution in [0, 0.1) is 11.3 Å². The van der Waals surface area contributed by atoms with Gasteiger partial charge in [-0.05, 0) is 36.6 Å². The average Bonchev–Trinajstić information content (AvgIpc) is 3.26. The van der Waals surface area contributed by atoms with Gasteiger partial charge in [-0.3, -0.25) is 0 Å². The third-order valence-corrected chi connectivity index (χ3v) is 6.52. The minimum absolute atomic E-state index is 0.359. The molecular weight excluding hydrogens is 392 g/mol. The van der Waals surface area contributed by atoms with Crippen LogP contribution in [0.15, 0.2) is 61.1 Å². The van der Waals surface area contributed by atoms with Gasteiger partial charge in [0.05, 0.1) is 10.9 Å². The number of thiophene rings is 1. The van der Waals surface area contributed by atoms with Gasteiger partial charge in [0.15, 0.2) is 0 Å². The third-order valence-electron chi connectivity index (χ3n) is 5.42. The maximum atomic E-state index is 8.93. The molecule has 1 fully saturated rings. The molecule has 3 aromatic heterocycles. The van der Waals surface area contributed by atoms with Crippen LogP contribution < -0.4 is 10.2 Å². The molecule has 1 aliphatic rings. The number of pyridine rings is 1.